The highest BCUT2D eigenvalue weighted by Crippen LogP contribution is 2.38. The van der Waals surface area contributed by atoms with E-state index in [1.54, 1.807) is 0 Å². The summed E-state index contributed by atoms with van der Waals surface area (Å²) in [5.41, 5.74) is 5.94. The van der Waals surface area contributed by atoms with Crippen LogP contribution in [0.15, 0.2) is 47.5 Å². The fourth-order valence-corrected chi connectivity index (χ4v) is 2.62. The molecule has 2 aromatic rings. The van der Waals surface area contributed by atoms with Gasteiger partial charge in [-0.1, -0.05) is 58.0 Å². The van der Waals surface area contributed by atoms with Gasteiger partial charge in [0.25, 0.3) is 0 Å². The molecule has 0 amide bonds. The topological polar surface area (TPSA) is 12.4 Å². The number of rotatable bonds is 4. The lowest BCUT2D eigenvalue weighted by Gasteiger charge is -2.18. The first-order valence-electron chi connectivity index (χ1n) is 7.35. The van der Waals surface area contributed by atoms with Crippen LogP contribution in [0.2, 0.25) is 0 Å². The maximum Gasteiger partial charge on any atom is 0.0809 e. The Morgan fingerprint density at radius 1 is 0.857 bits per heavy atom. The molecule has 0 spiro atoms. The molecule has 1 nitrogen and oxygen atoms in total. The lowest BCUT2D eigenvalue weighted by molar-refractivity contribution is 0.836. The van der Waals surface area contributed by atoms with Crippen molar-refractivity contribution in [2.45, 2.75) is 39.5 Å². The Morgan fingerprint density at radius 3 is 1.81 bits per heavy atom. The third-order valence-corrected chi connectivity index (χ3v) is 3.77. The normalized spacial score (nSPS) is 10.8. The molecule has 21 heavy (non-hydrogen) atoms. The molecule has 0 saturated carbocycles. The predicted octanol–water partition coefficient (Wildman–Crippen LogP) is 6.33. The van der Waals surface area contributed by atoms with Gasteiger partial charge in [-0.3, -0.25) is 0 Å². The van der Waals surface area contributed by atoms with Crippen molar-refractivity contribution in [3.05, 3.63) is 53.6 Å². The Hall–Kier alpha value is -1.76. The van der Waals surface area contributed by atoms with Crippen LogP contribution in [0.3, 0.4) is 0 Å². The van der Waals surface area contributed by atoms with Gasteiger partial charge in [0.05, 0.1) is 10.8 Å². The summed E-state index contributed by atoms with van der Waals surface area (Å²) < 4.78 is 0. The van der Waals surface area contributed by atoms with Crippen molar-refractivity contribution in [3.63, 3.8) is 0 Å². The summed E-state index contributed by atoms with van der Waals surface area (Å²) in [5, 5.41) is 2.54. The zero-order valence-electron chi connectivity index (χ0n) is 13.1. The molecule has 0 aromatic heterocycles. The molecule has 0 aliphatic rings. The summed E-state index contributed by atoms with van der Waals surface area (Å²) in [6.45, 7) is 8.76. The number of thiocarbonyl (C=S) groups is 1. The van der Waals surface area contributed by atoms with Gasteiger partial charge < -0.3 is 0 Å². The Morgan fingerprint density at radius 2 is 1.38 bits per heavy atom. The molecule has 0 N–H and O–H groups in total. The number of benzene rings is 2. The monoisotopic (exact) mass is 295 g/mol. The fraction of sp³-hybridized carbons (Fsp3) is 0.316. The molecule has 0 heterocycles. The second kappa shape index (κ2) is 6.80. The minimum Gasteiger partial charge on any atom is -0.194 e. The van der Waals surface area contributed by atoms with Gasteiger partial charge in [0.15, 0.2) is 0 Å². The van der Waals surface area contributed by atoms with Crippen molar-refractivity contribution >= 4 is 23.1 Å². The Bertz CT molecular complexity index is 636. The molecule has 108 valence electrons. The van der Waals surface area contributed by atoms with E-state index in [9.17, 15) is 0 Å². The van der Waals surface area contributed by atoms with E-state index in [1.807, 2.05) is 6.07 Å². The first-order chi connectivity index (χ1) is 10.0. The van der Waals surface area contributed by atoms with Crippen molar-refractivity contribution in [2.75, 3.05) is 0 Å². The van der Waals surface area contributed by atoms with Crippen LogP contribution in [0.4, 0.5) is 5.69 Å². The van der Waals surface area contributed by atoms with E-state index in [4.69, 9.17) is 12.2 Å². The van der Waals surface area contributed by atoms with Crippen LogP contribution in [-0.2, 0) is 0 Å². The summed E-state index contributed by atoms with van der Waals surface area (Å²) in [6, 6.07) is 14.9. The average molecular weight is 295 g/mol. The molecule has 0 fully saturated rings. The fourth-order valence-electron chi connectivity index (χ4n) is 2.53. The summed E-state index contributed by atoms with van der Waals surface area (Å²) in [6.07, 6.45) is 0. The average Bonchev–Trinajstić information content (AvgIpc) is 2.48. The smallest absolute Gasteiger partial charge is 0.0809 e. The summed E-state index contributed by atoms with van der Waals surface area (Å²) in [5.74, 6) is 0.793. The van der Waals surface area contributed by atoms with Crippen LogP contribution in [0.1, 0.15) is 50.7 Å². The summed E-state index contributed by atoms with van der Waals surface area (Å²) >= 11 is 4.84. The molecule has 0 bridgehead atoms. The maximum absolute atomic E-state index is 4.84. The molecule has 0 saturated heterocycles. The highest BCUT2D eigenvalue weighted by molar-refractivity contribution is 7.78. The van der Waals surface area contributed by atoms with Crippen molar-refractivity contribution < 1.29 is 0 Å². The number of isothiocyanates is 1. The Labute approximate surface area is 132 Å². The van der Waals surface area contributed by atoms with E-state index >= 15 is 0 Å². The zero-order valence-corrected chi connectivity index (χ0v) is 13.9. The van der Waals surface area contributed by atoms with Crippen molar-refractivity contribution in [1.29, 1.82) is 0 Å². The SMILES string of the molecule is CC(C)c1cc(-c2ccccc2)cc(C(C)C)c1N=C=S. The van der Waals surface area contributed by atoms with E-state index in [0.717, 1.165) is 5.69 Å². The van der Waals surface area contributed by atoms with Gasteiger partial charge in [0, 0.05) is 0 Å². The van der Waals surface area contributed by atoms with Crippen LogP contribution >= 0.6 is 12.2 Å². The molecule has 0 aliphatic carbocycles. The Kier molecular flexibility index (Phi) is 5.06. The quantitative estimate of drug-likeness (QED) is 0.474. The lowest BCUT2D eigenvalue weighted by Crippen LogP contribution is -1.97. The molecule has 2 rings (SSSR count). The van der Waals surface area contributed by atoms with Crippen LogP contribution < -0.4 is 0 Å². The minimum absolute atomic E-state index is 0.397. The molecule has 0 unspecified atom stereocenters. The molecular weight excluding hydrogens is 274 g/mol. The highest BCUT2D eigenvalue weighted by Gasteiger charge is 2.16. The van der Waals surface area contributed by atoms with E-state index in [1.165, 1.54) is 22.3 Å². The van der Waals surface area contributed by atoms with Crippen molar-refractivity contribution in [3.8, 4) is 11.1 Å². The summed E-state index contributed by atoms with van der Waals surface area (Å²) in [7, 11) is 0. The molecular formula is C19H21NS. The van der Waals surface area contributed by atoms with Gasteiger partial charge >= 0.3 is 0 Å². The van der Waals surface area contributed by atoms with Gasteiger partial charge in [0.1, 0.15) is 0 Å². The van der Waals surface area contributed by atoms with Crippen LogP contribution in [0.25, 0.3) is 11.1 Å². The van der Waals surface area contributed by atoms with E-state index in [-0.39, 0.29) is 0 Å². The van der Waals surface area contributed by atoms with Crippen LogP contribution in [-0.4, -0.2) is 5.16 Å². The standard InChI is InChI=1S/C19H21NS/c1-13(2)17-10-16(15-8-6-5-7-9-15)11-18(14(3)4)19(17)20-12-21/h5-11,13-14H,1-4H3. The third kappa shape index (κ3) is 3.47. The first-order valence-corrected chi connectivity index (χ1v) is 7.76. The number of hydrogen-bond donors (Lipinski definition) is 0. The second-order valence-electron chi connectivity index (χ2n) is 5.88. The largest absolute Gasteiger partial charge is 0.194 e. The van der Waals surface area contributed by atoms with Gasteiger partial charge in [-0.05, 0) is 58.4 Å². The maximum atomic E-state index is 4.84. The first kappa shape index (κ1) is 15.6. The van der Waals surface area contributed by atoms with Gasteiger partial charge in [0.2, 0.25) is 0 Å². The van der Waals surface area contributed by atoms with Gasteiger partial charge in [-0.2, -0.15) is 4.99 Å². The molecule has 2 aromatic carbocycles. The van der Waals surface area contributed by atoms with E-state index in [2.05, 4.69) is 74.2 Å². The van der Waals surface area contributed by atoms with Crippen LogP contribution in [0.5, 0.6) is 0 Å². The van der Waals surface area contributed by atoms with E-state index < -0.39 is 0 Å². The molecule has 2 heteroatoms. The van der Waals surface area contributed by atoms with E-state index in [0.29, 0.717) is 11.8 Å². The molecule has 0 radical (unpaired) electrons. The van der Waals surface area contributed by atoms with Crippen molar-refractivity contribution in [2.24, 2.45) is 4.99 Å². The van der Waals surface area contributed by atoms with Gasteiger partial charge in [-0.15, -0.1) is 0 Å². The minimum atomic E-state index is 0.397. The molecule has 0 aliphatic heterocycles. The van der Waals surface area contributed by atoms with Crippen molar-refractivity contribution in [1.82, 2.24) is 0 Å². The third-order valence-electron chi connectivity index (χ3n) is 3.68. The van der Waals surface area contributed by atoms with Gasteiger partial charge in [-0.25, -0.2) is 0 Å². The second-order valence-corrected chi connectivity index (χ2v) is 6.06. The highest BCUT2D eigenvalue weighted by atomic mass is 32.1. The number of aliphatic imine (C=N–C) groups is 1. The molecule has 0 atom stereocenters. The Balaban J connectivity index is 2.73. The predicted molar refractivity (Wildman–Crippen MR) is 94.7 cm³/mol. The number of nitrogens with zero attached hydrogens (tertiary/aromatic N) is 1. The van der Waals surface area contributed by atoms with Crippen LogP contribution in [0, 0.1) is 0 Å². The number of hydrogen-bond acceptors (Lipinski definition) is 2. The lowest BCUT2D eigenvalue weighted by atomic mass is 9.88. The summed E-state index contributed by atoms with van der Waals surface area (Å²) in [4.78, 5) is 4.35. The zero-order chi connectivity index (χ0) is 15.4.